The SMILES string of the molecule is CN(Cc1nccs1)S(=O)(=O)c1ccnn1C. The van der Waals surface area contributed by atoms with Crippen LogP contribution in [0.3, 0.4) is 0 Å². The lowest BCUT2D eigenvalue weighted by molar-refractivity contribution is 0.456. The van der Waals surface area contributed by atoms with Crippen LogP contribution in [-0.4, -0.2) is 34.5 Å². The van der Waals surface area contributed by atoms with Crippen LogP contribution in [0.25, 0.3) is 0 Å². The molecule has 0 unspecified atom stereocenters. The van der Waals surface area contributed by atoms with Gasteiger partial charge >= 0.3 is 0 Å². The molecule has 0 bridgehead atoms. The van der Waals surface area contributed by atoms with Crippen molar-refractivity contribution in [1.29, 1.82) is 0 Å². The molecule has 0 spiro atoms. The van der Waals surface area contributed by atoms with Gasteiger partial charge in [-0.15, -0.1) is 11.3 Å². The highest BCUT2D eigenvalue weighted by Gasteiger charge is 2.24. The first-order valence-corrected chi connectivity index (χ1v) is 7.16. The number of nitrogens with zero attached hydrogens (tertiary/aromatic N) is 4. The third-order valence-electron chi connectivity index (χ3n) is 2.29. The quantitative estimate of drug-likeness (QED) is 0.821. The molecule has 0 saturated heterocycles. The van der Waals surface area contributed by atoms with Gasteiger partial charge in [0.1, 0.15) is 5.01 Å². The van der Waals surface area contributed by atoms with E-state index in [1.165, 1.54) is 39.6 Å². The van der Waals surface area contributed by atoms with Gasteiger partial charge in [0.15, 0.2) is 5.03 Å². The smallest absolute Gasteiger partial charge is 0.256 e. The van der Waals surface area contributed by atoms with E-state index in [-0.39, 0.29) is 11.6 Å². The van der Waals surface area contributed by atoms with Gasteiger partial charge in [-0.05, 0) is 6.07 Å². The van der Waals surface area contributed by atoms with Crippen LogP contribution in [0.4, 0.5) is 0 Å². The van der Waals surface area contributed by atoms with Crippen molar-refractivity contribution in [3.63, 3.8) is 0 Å². The van der Waals surface area contributed by atoms with E-state index in [0.717, 1.165) is 5.01 Å². The first-order chi connectivity index (χ1) is 8.01. The van der Waals surface area contributed by atoms with E-state index in [2.05, 4.69) is 10.1 Å². The van der Waals surface area contributed by atoms with Gasteiger partial charge < -0.3 is 0 Å². The average Bonchev–Trinajstić information content (AvgIpc) is 2.89. The molecular weight excluding hydrogens is 260 g/mol. The predicted molar refractivity (Wildman–Crippen MR) is 64.0 cm³/mol. The van der Waals surface area contributed by atoms with Gasteiger partial charge in [-0.2, -0.15) is 9.40 Å². The molecule has 0 N–H and O–H groups in total. The van der Waals surface area contributed by atoms with Gasteiger partial charge in [0.2, 0.25) is 0 Å². The average molecular weight is 272 g/mol. The van der Waals surface area contributed by atoms with Crippen molar-refractivity contribution in [3.8, 4) is 0 Å². The number of aromatic nitrogens is 3. The van der Waals surface area contributed by atoms with Gasteiger partial charge in [-0.25, -0.2) is 13.4 Å². The summed E-state index contributed by atoms with van der Waals surface area (Å²) in [6.07, 6.45) is 3.12. The van der Waals surface area contributed by atoms with Crippen molar-refractivity contribution < 1.29 is 8.42 Å². The number of thiazole rings is 1. The van der Waals surface area contributed by atoms with Crippen LogP contribution in [0.15, 0.2) is 28.9 Å². The van der Waals surface area contributed by atoms with E-state index in [9.17, 15) is 8.42 Å². The summed E-state index contributed by atoms with van der Waals surface area (Å²) in [5, 5.41) is 6.62. The maximum Gasteiger partial charge on any atom is 0.260 e. The van der Waals surface area contributed by atoms with Gasteiger partial charge in [0.05, 0.1) is 12.7 Å². The largest absolute Gasteiger partial charge is 0.260 e. The van der Waals surface area contributed by atoms with Crippen LogP contribution in [0, 0.1) is 0 Å². The molecule has 92 valence electrons. The molecule has 2 rings (SSSR count). The normalized spacial score (nSPS) is 12.2. The van der Waals surface area contributed by atoms with E-state index >= 15 is 0 Å². The zero-order chi connectivity index (χ0) is 12.5. The molecule has 0 atom stereocenters. The summed E-state index contributed by atoms with van der Waals surface area (Å²) in [5.74, 6) is 0. The molecule has 8 heteroatoms. The molecule has 0 radical (unpaired) electrons. The monoisotopic (exact) mass is 272 g/mol. The maximum absolute atomic E-state index is 12.2. The van der Waals surface area contributed by atoms with Gasteiger partial charge in [0.25, 0.3) is 10.0 Å². The van der Waals surface area contributed by atoms with Crippen molar-refractivity contribution in [2.45, 2.75) is 11.6 Å². The van der Waals surface area contributed by atoms with E-state index in [0.29, 0.717) is 0 Å². The molecule has 2 aromatic rings. The van der Waals surface area contributed by atoms with Gasteiger partial charge in [-0.3, -0.25) is 4.68 Å². The first-order valence-electron chi connectivity index (χ1n) is 4.84. The highest BCUT2D eigenvalue weighted by Crippen LogP contribution is 2.16. The van der Waals surface area contributed by atoms with Gasteiger partial charge in [0, 0.05) is 25.7 Å². The molecule has 0 fully saturated rings. The Bertz CT molecular complexity index is 588. The van der Waals surface area contributed by atoms with Gasteiger partial charge in [-0.1, -0.05) is 0 Å². The van der Waals surface area contributed by atoms with Crippen LogP contribution in [-0.2, 0) is 23.6 Å². The molecule has 2 aromatic heterocycles. The van der Waals surface area contributed by atoms with Crippen LogP contribution in [0.1, 0.15) is 5.01 Å². The molecule has 0 aromatic carbocycles. The summed E-state index contributed by atoms with van der Waals surface area (Å²) in [5.41, 5.74) is 0. The standard InChI is InChI=1S/C9H12N4O2S2/c1-12(7-8-10-5-6-16-8)17(14,15)9-3-4-11-13(9)2/h3-6H,7H2,1-2H3. The van der Waals surface area contributed by atoms with E-state index in [4.69, 9.17) is 0 Å². The van der Waals surface area contributed by atoms with Crippen LogP contribution in [0.2, 0.25) is 0 Å². The minimum Gasteiger partial charge on any atom is -0.256 e. The van der Waals surface area contributed by atoms with Crippen molar-refractivity contribution in [1.82, 2.24) is 19.1 Å². The van der Waals surface area contributed by atoms with Crippen LogP contribution >= 0.6 is 11.3 Å². The molecule has 2 heterocycles. The van der Waals surface area contributed by atoms with E-state index < -0.39 is 10.0 Å². The molecule has 0 aliphatic rings. The fraction of sp³-hybridized carbons (Fsp3) is 0.333. The summed E-state index contributed by atoms with van der Waals surface area (Å²) < 4.78 is 27.0. The first kappa shape index (κ1) is 12.2. The van der Waals surface area contributed by atoms with Crippen molar-refractivity contribution >= 4 is 21.4 Å². The Morgan fingerprint density at radius 3 is 2.76 bits per heavy atom. The lowest BCUT2D eigenvalue weighted by Crippen LogP contribution is -2.28. The minimum absolute atomic E-state index is 0.177. The van der Waals surface area contributed by atoms with Crippen molar-refractivity contribution in [2.24, 2.45) is 7.05 Å². The highest BCUT2D eigenvalue weighted by atomic mass is 32.2. The fourth-order valence-electron chi connectivity index (χ4n) is 1.38. The summed E-state index contributed by atoms with van der Waals surface area (Å²) >= 11 is 1.43. The summed E-state index contributed by atoms with van der Waals surface area (Å²) in [7, 11) is -0.369. The molecule has 0 saturated carbocycles. The Morgan fingerprint density at radius 1 is 1.47 bits per heavy atom. The number of sulfonamides is 1. The number of hydrogen-bond acceptors (Lipinski definition) is 5. The van der Waals surface area contributed by atoms with Crippen molar-refractivity contribution in [3.05, 3.63) is 28.8 Å². The zero-order valence-electron chi connectivity index (χ0n) is 9.44. The Labute approximate surface area is 104 Å². The molecule has 0 aliphatic heterocycles. The second-order valence-electron chi connectivity index (χ2n) is 3.48. The Balaban J connectivity index is 2.25. The predicted octanol–water partition coefficient (Wildman–Crippen LogP) is 0.697. The summed E-state index contributed by atoms with van der Waals surface area (Å²) in [4.78, 5) is 4.06. The number of hydrogen-bond donors (Lipinski definition) is 0. The molecule has 6 nitrogen and oxygen atoms in total. The van der Waals surface area contributed by atoms with Crippen LogP contribution < -0.4 is 0 Å². The molecular formula is C9H12N4O2S2. The van der Waals surface area contributed by atoms with E-state index in [1.807, 2.05) is 5.38 Å². The lowest BCUT2D eigenvalue weighted by atomic mass is 10.7. The second-order valence-corrected chi connectivity index (χ2v) is 6.45. The topological polar surface area (TPSA) is 68.1 Å². The fourth-order valence-corrected chi connectivity index (χ4v) is 3.36. The Morgan fingerprint density at radius 2 is 2.24 bits per heavy atom. The molecule has 0 aliphatic carbocycles. The highest BCUT2D eigenvalue weighted by molar-refractivity contribution is 7.89. The van der Waals surface area contributed by atoms with Crippen LogP contribution in [0.5, 0.6) is 0 Å². The maximum atomic E-state index is 12.2. The van der Waals surface area contributed by atoms with Crippen molar-refractivity contribution in [2.75, 3.05) is 7.05 Å². The third kappa shape index (κ3) is 2.38. The Hall–Kier alpha value is -1.25. The lowest BCUT2D eigenvalue weighted by Gasteiger charge is -2.15. The number of rotatable bonds is 4. The minimum atomic E-state index is -3.50. The third-order valence-corrected chi connectivity index (χ3v) is 4.93. The molecule has 17 heavy (non-hydrogen) atoms. The Kier molecular flexibility index (Phi) is 3.27. The molecule has 0 amide bonds. The zero-order valence-corrected chi connectivity index (χ0v) is 11.1. The second kappa shape index (κ2) is 4.55. The van der Waals surface area contributed by atoms with E-state index in [1.54, 1.807) is 13.2 Å². The number of aryl methyl sites for hydroxylation is 1. The summed E-state index contributed by atoms with van der Waals surface area (Å²) in [6, 6.07) is 1.48. The summed E-state index contributed by atoms with van der Waals surface area (Å²) in [6.45, 7) is 0.269.